The molecule has 0 bridgehead atoms. The summed E-state index contributed by atoms with van der Waals surface area (Å²) < 4.78 is 0. The predicted octanol–water partition coefficient (Wildman–Crippen LogP) is 5.28. The number of phenols is 1. The van der Waals surface area contributed by atoms with Gasteiger partial charge in [-0.15, -0.1) is 0 Å². The summed E-state index contributed by atoms with van der Waals surface area (Å²) in [5, 5.41) is 9.53. The van der Waals surface area contributed by atoms with Gasteiger partial charge in [0.2, 0.25) is 5.91 Å². The third-order valence-corrected chi connectivity index (χ3v) is 5.43. The quantitative estimate of drug-likeness (QED) is 0.499. The molecule has 2 rings (SSSR count). The van der Waals surface area contributed by atoms with Crippen LogP contribution < -0.4 is 5.73 Å². The molecule has 1 aromatic rings. The van der Waals surface area contributed by atoms with Crippen molar-refractivity contribution in [1.82, 2.24) is 0 Å². The summed E-state index contributed by atoms with van der Waals surface area (Å²) in [5.41, 5.74) is 9.56. The minimum atomic E-state index is -0.463. The number of phenolic OH excluding ortho intramolecular Hbond substituents is 1. The molecule has 158 valence electrons. The molecule has 30 heavy (non-hydrogen) atoms. The van der Waals surface area contributed by atoms with Gasteiger partial charge in [0.25, 0.3) is 0 Å². The lowest BCUT2D eigenvalue weighted by Gasteiger charge is -2.37. The number of hydrogen-bond acceptors (Lipinski definition) is 3. The molecule has 0 saturated heterocycles. The van der Waals surface area contributed by atoms with E-state index in [0.29, 0.717) is 6.42 Å². The molecule has 0 aliphatic heterocycles. The maximum Gasteiger partial charge on any atom is 0.241 e. The second kappa shape index (κ2) is 9.57. The van der Waals surface area contributed by atoms with Crippen LogP contribution in [0.15, 0.2) is 83.0 Å². The van der Waals surface area contributed by atoms with Crippen LogP contribution in [0.2, 0.25) is 0 Å². The Morgan fingerprint density at radius 1 is 1.13 bits per heavy atom. The summed E-state index contributed by atoms with van der Waals surface area (Å²) in [6.45, 7) is 10.0. The van der Waals surface area contributed by atoms with Crippen LogP contribution in [-0.4, -0.2) is 16.8 Å². The van der Waals surface area contributed by atoms with Gasteiger partial charge in [0.15, 0.2) is 5.78 Å². The molecule has 3 N–H and O–H groups in total. The van der Waals surface area contributed by atoms with Crippen molar-refractivity contribution in [3.8, 4) is 5.75 Å². The van der Waals surface area contributed by atoms with Crippen LogP contribution in [0.4, 0.5) is 0 Å². The fraction of sp³-hybridized carbons (Fsp3) is 0.308. The Kier molecular flexibility index (Phi) is 7.38. The number of hydrogen-bond donors (Lipinski definition) is 2. The van der Waals surface area contributed by atoms with Crippen LogP contribution in [0.1, 0.15) is 52.5 Å². The third kappa shape index (κ3) is 5.93. The molecule has 0 heterocycles. The van der Waals surface area contributed by atoms with E-state index >= 15 is 0 Å². The van der Waals surface area contributed by atoms with Crippen molar-refractivity contribution in [3.63, 3.8) is 0 Å². The fourth-order valence-corrected chi connectivity index (χ4v) is 3.84. The van der Waals surface area contributed by atoms with Crippen LogP contribution in [0.25, 0.3) is 0 Å². The average molecular weight is 406 g/mol. The van der Waals surface area contributed by atoms with Crippen LogP contribution in [0.5, 0.6) is 5.75 Å². The number of benzene rings is 1. The molecular weight excluding hydrogens is 374 g/mol. The number of aromatic hydroxyl groups is 1. The van der Waals surface area contributed by atoms with E-state index in [1.54, 1.807) is 12.1 Å². The summed E-state index contributed by atoms with van der Waals surface area (Å²) in [5.74, 6) is -0.325. The van der Waals surface area contributed by atoms with E-state index in [0.717, 1.165) is 27.9 Å². The highest BCUT2D eigenvalue weighted by Crippen LogP contribution is 2.45. The molecule has 1 unspecified atom stereocenters. The maximum absolute atomic E-state index is 13.1. The first-order valence-corrected chi connectivity index (χ1v) is 10.1. The SMILES string of the molecule is CC1=C(/C=C/C(C)=C/C=C/C(C)=C/C(N)=O)C(C)(C)CC(c2ccc(O)cc2)C1=O. The number of allylic oxidation sites excluding steroid dienone is 9. The number of ketones is 1. The van der Waals surface area contributed by atoms with Gasteiger partial charge in [0.05, 0.1) is 0 Å². The Balaban J connectivity index is 2.24. The normalized spacial score (nSPS) is 20.4. The van der Waals surface area contributed by atoms with Gasteiger partial charge in [-0.3, -0.25) is 9.59 Å². The van der Waals surface area contributed by atoms with Crippen molar-refractivity contribution in [2.75, 3.05) is 0 Å². The molecule has 4 nitrogen and oxygen atoms in total. The molecule has 0 fully saturated rings. The lowest BCUT2D eigenvalue weighted by atomic mass is 9.66. The summed E-state index contributed by atoms with van der Waals surface area (Å²) in [7, 11) is 0. The van der Waals surface area contributed by atoms with Crippen LogP contribution in [0, 0.1) is 5.41 Å². The van der Waals surface area contributed by atoms with E-state index in [9.17, 15) is 14.7 Å². The second-order valence-corrected chi connectivity index (χ2v) is 8.53. The molecule has 1 aliphatic rings. The first-order valence-electron chi connectivity index (χ1n) is 10.1. The Hall–Kier alpha value is -3.14. The minimum absolute atomic E-state index is 0.133. The van der Waals surface area contributed by atoms with Crippen LogP contribution in [-0.2, 0) is 9.59 Å². The smallest absolute Gasteiger partial charge is 0.241 e. The third-order valence-electron chi connectivity index (χ3n) is 5.43. The van der Waals surface area contributed by atoms with E-state index in [-0.39, 0.29) is 22.9 Å². The highest BCUT2D eigenvalue weighted by Gasteiger charge is 2.38. The van der Waals surface area contributed by atoms with Crippen LogP contribution >= 0.6 is 0 Å². The van der Waals surface area contributed by atoms with Crippen molar-refractivity contribution in [3.05, 3.63) is 88.6 Å². The van der Waals surface area contributed by atoms with Crippen molar-refractivity contribution in [2.45, 2.75) is 47.0 Å². The highest BCUT2D eigenvalue weighted by atomic mass is 16.3. The number of rotatable bonds is 6. The number of carbonyl (C=O) groups excluding carboxylic acids is 2. The molecule has 0 radical (unpaired) electrons. The van der Waals surface area contributed by atoms with E-state index in [1.165, 1.54) is 6.08 Å². The van der Waals surface area contributed by atoms with Gasteiger partial charge in [-0.25, -0.2) is 0 Å². The van der Waals surface area contributed by atoms with E-state index in [1.807, 2.05) is 63.3 Å². The van der Waals surface area contributed by atoms with Gasteiger partial charge in [0.1, 0.15) is 5.75 Å². The number of nitrogens with two attached hydrogens (primary N) is 1. The zero-order chi connectivity index (χ0) is 22.5. The lowest BCUT2D eigenvalue weighted by Crippen LogP contribution is -2.30. The Morgan fingerprint density at radius 3 is 2.37 bits per heavy atom. The lowest BCUT2D eigenvalue weighted by molar-refractivity contribution is -0.118. The Labute approximate surface area is 179 Å². The molecule has 4 heteroatoms. The van der Waals surface area contributed by atoms with Gasteiger partial charge >= 0.3 is 0 Å². The molecule has 0 saturated carbocycles. The van der Waals surface area contributed by atoms with Crippen molar-refractivity contribution >= 4 is 11.7 Å². The topological polar surface area (TPSA) is 80.4 Å². The zero-order valence-corrected chi connectivity index (χ0v) is 18.4. The fourth-order valence-electron chi connectivity index (χ4n) is 3.84. The van der Waals surface area contributed by atoms with Crippen molar-refractivity contribution in [1.29, 1.82) is 0 Å². The van der Waals surface area contributed by atoms with Gasteiger partial charge in [-0.2, -0.15) is 0 Å². The molecule has 1 amide bonds. The number of carbonyl (C=O) groups is 2. The monoisotopic (exact) mass is 405 g/mol. The first-order chi connectivity index (χ1) is 14.0. The number of primary amides is 1. The zero-order valence-electron chi connectivity index (χ0n) is 18.4. The average Bonchev–Trinajstić information content (AvgIpc) is 2.64. The molecule has 1 atom stereocenters. The van der Waals surface area contributed by atoms with Gasteiger partial charge in [-0.05, 0) is 67.0 Å². The number of Topliss-reactive ketones (excluding diaryl/α,β-unsaturated/α-hetero) is 1. The molecule has 1 aliphatic carbocycles. The summed E-state index contributed by atoms with van der Waals surface area (Å²) >= 11 is 0. The Bertz CT molecular complexity index is 970. The minimum Gasteiger partial charge on any atom is -0.508 e. The van der Waals surface area contributed by atoms with E-state index < -0.39 is 5.91 Å². The van der Waals surface area contributed by atoms with Gasteiger partial charge in [0, 0.05) is 12.0 Å². The largest absolute Gasteiger partial charge is 0.508 e. The van der Waals surface area contributed by atoms with Crippen molar-refractivity contribution in [2.24, 2.45) is 11.1 Å². The van der Waals surface area contributed by atoms with E-state index in [4.69, 9.17) is 5.73 Å². The Morgan fingerprint density at radius 2 is 1.77 bits per heavy atom. The summed E-state index contributed by atoms with van der Waals surface area (Å²) in [6, 6.07) is 6.92. The van der Waals surface area contributed by atoms with Gasteiger partial charge in [-0.1, -0.05) is 61.9 Å². The molecular formula is C26H31NO3. The number of amides is 1. The van der Waals surface area contributed by atoms with Crippen LogP contribution in [0.3, 0.4) is 0 Å². The first kappa shape index (κ1) is 23.1. The summed E-state index contributed by atoms with van der Waals surface area (Å²) in [4.78, 5) is 23.9. The van der Waals surface area contributed by atoms with E-state index in [2.05, 4.69) is 13.8 Å². The molecule has 0 spiro atoms. The standard InChI is InChI=1S/C26H31NO3/c1-17(7-6-8-18(2)15-24(27)29)9-14-23-19(3)25(30)22(16-26(23,4)5)20-10-12-21(28)13-11-20/h6-15,22,28H,16H2,1-5H3,(H2,27,29)/b8-6+,14-9+,17-7+,18-15+. The highest BCUT2D eigenvalue weighted by molar-refractivity contribution is 6.02. The molecule has 1 aromatic carbocycles. The molecule has 0 aromatic heterocycles. The predicted molar refractivity (Wildman–Crippen MR) is 122 cm³/mol. The second-order valence-electron chi connectivity index (χ2n) is 8.53. The van der Waals surface area contributed by atoms with Gasteiger partial charge < -0.3 is 10.8 Å². The summed E-state index contributed by atoms with van der Waals surface area (Å²) in [6.07, 6.45) is 11.8. The van der Waals surface area contributed by atoms with Crippen molar-refractivity contribution < 1.29 is 14.7 Å². The maximum atomic E-state index is 13.1.